The molecule has 2 radical (unpaired) electrons. The second kappa shape index (κ2) is 2.37. The van der Waals surface area contributed by atoms with Crippen molar-refractivity contribution in [2.45, 2.75) is 6.92 Å². The molecule has 0 aliphatic heterocycles. The van der Waals surface area contributed by atoms with Gasteiger partial charge in [-0.25, -0.2) is 0 Å². The van der Waals surface area contributed by atoms with Crippen LogP contribution in [0.5, 0.6) is 0 Å². The minimum absolute atomic E-state index is 1.27. The first kappa shape index (κ1) is 5.91. The third-order valence-electron chi connectivity index (χ3n) is 1.03. The SMILES string of the molecule is Cc1ccc([As])cc1. The van der Waals surface area contributed by atoms with Gasteiger partial charge in [0.2, 0.25) is 0 Å². The zero-order valence-electron chi connectivity index (χ0n) is 4.76. The van der Waals surface area contributed by atoms with E-state index in [1.165, 1.54) is 9.91 Å². The van der Waals surface area contributed by atoms with E-state index < -0.39 is 0 Å². The van der Waals surface area contributed by atoms with Crippen molar-refractivity contribution in [2.75, 3.05) is 0 Å². The van der Waals surface area contributed by atoms with E-state index in [0.717, 1.165) is 0 Å². The van der Waals surface area contributed by atoms with Crippen molar-refractivity contribution in [1.82, 2.24) is 0 Å². The zero-order chi connectivity index (χ0) is 5.98. The van der Waals surface area contributed by atoms with Crippen LogP contribution >= 0.6 is 0 Å². The Kier molecular flexibility index (Phi) is 1.75. The topological polar surface area (TPSA) is 0 Å². The van der Waals surface area contributed by atoms with Gasteiger partial charge in [0.15, 0.2) is 0 Å². The van der Waals surface area contributed by atoms with Gasteiger partial charge < -0.3 is 0 Å². The number of hydrogen-bond acceptors (Lipinski definition) is 0. The van der Waals surface area contributed by atoms with Crippen LogP contribution in [0.15, 0.2) is 24.3 Å². The molecule has 0 atom stereocenters. The van der Waals surface area contributed by atoms with E-state index in [1.807, 2.05) is 0 Å². The summed E-state index contributed by atoms with van der Waals surface area (Å²) in [5.74, 6) is 0. The average molecular weight is 166 g/mol. The first-order chi connectivity index (χ1) is 3.79. The Bertz CT molecular complexity index is 143. The van der Waals surface area contributed by atoms with Gasteiger partial charge in [-0.15, -0.1) is 0 Å². The molecule has 0 saturated carbocycles. The fourth-order valence-electron chi connectivity index (χ4n) is 0.545. The van der Waals surface area contributed by atoms with Gasteiger partial charge in [0.25, 0.3) is 0 Å². The summed E-state index contributed by atoms with van der Waals surface area (Å²) in [5.41, 5.74) is 1.32. The summed E-state index contributed by atoms with van der Waals surface area (Å²) in [7, 11) is 0. The molecule has 0 aliphatic rings. The van der Waals surface area contributed by atoms with Crippen molar-refractivity contribution in [3.05, 3.63) is 29.8 Å². The van der Waals surface area contributed by atoms with Crippen LogP contribution in [0.2, 0.25) is 0 Å². The van der Waals surface area contributed by atoms with Crippen molar-refractivity contribution >= 4 is 21.2 Å². The third-order valence-corrected chi connectivity index (χ3v) is 1.66. The Labute approximate surface area is 58.4 Å². The van der Waals surface area contributed by atoms with Gasteiger partial charge in [0.05, 0.1) is 0 Å². The Morgan fingerprint density at radius 2 is 1.62 bits per heavy atom. The van der Waals surface area contributed by atoms with E-state index in [4.69, 9.17) is 0 Å². The number of hydrogen-bond donors (Lipinski definition) is 0. The molecule has 0 aliphatic carbocycles. The van der Waals surface area contributed by atoms with Crippen LogP contribution in [0.3, 0.4) is 0 Å². The molecule has 1 aromatic carbocycles. The van der Waals surface area contributed by atoms with Crippen molar-refractivity contribution in [1.29, 1.82) is 0 Å². The summed E-state index contributed by atoms with van der Waals surface area (Å²) >= 11 is 2.51. The van der Waals surface area contributed by atoms with Gasteiger partial charge in [0, 0.05) is 0 Å². The summed E-state index contributed by atoms with van der Waals surface area (Å²) in [6, 6.07) is 8.39. The van der Waals surface area contributed by atoms with Crippen LogP contribution in [0, 0.1) is 6.92 Å². The third kappa shape index (κ3) is 1.38. The summed E-state index contributed by atoms with van der Waals surface area (Å²) in [4.78, 5) is 0. The van der Waals surface area contributed by atoms with Crippen molar-refractivity contribution < 1.29 is 0 Å². The van der Waals surface area contributed by atoms with Crippen molar-refractivity contribution in [3.8, 4) is 0 Å². The monoisotopic (exact) mass is 166 g/mol. The summed E-state index contributed by atoms with van der Waals surface area (Å²) < 4.78 is 1.27. The first-order valence-corrected chi connectivity index (χ1v) is 3.48. The maximum absolute atomic E-state index is 2.51. The zero-order valence-corrected chi connectivity index (χ0v) is 6.63. The molecule has 0 unspecified atom stereocenters. The molecule has 1 rings (SSSR count). The van der Waals surface area contributed by atoms with E-state index in [1.54, 1.807) is 0 Å². The van der Waals surface area contributed by atoms with Crippen LogP contribution in [0.4, 0.5) is 0 Å². The molecule has 1 heteroatoms. The molecule has 0 fully saturated rings. The average Bonchev–Trinajstić information content (AvgIpc) is 1.77. The molecule has 0 nitrogen and oxygen atoms in total. The molecule has 40 valence electrons. The fourth-order valence-corrected chi connectivity index (χ4v) is 0.858. The molecule has 0 amide bonds. The quantitative estimate of drug-likeness (QED) is 0.500. The van der Waals surface area contributed by atoms with Crippen LogP contribution in [-0.4, -0.2) is 16.9 Å². The maximum atomic E-state index is 2.51. The molecule has 0 bridgehead atoms. The van der Waals surface area contributed by atoms with Gasteiger partial charge in [-0.1, -0.05) is 0 Å². The van der Waals surface area contributed by atoms with Gasteiger partial charge in [-0.3, -0.25) is 0 Å². The molecule has 0 heterocycles. The first-order valence-electron chi connectivity index (χ1n) is 2.54. The molecule has 0 saturated heterocycles. The Hall–Kier alpha value is -0.222. The van der Waals surface area contributed by atoms with Crippen molar-refractivity contribution in [3.63, 3.8) is 0 Å². The van der Waals surface area contributed by atoms with Gasteiger partial charge in [0.1, 0.15) is 0 Å². The Morgan fingerprint density at radius 3 is 2.00 bits per heavy atom. The van der Waals surface area contributed by atoms with E-state index >= 15 is 0 Å². The predicted octanol–water partition coefficient (Wildman–Crippen LogP) is 0.789. The van der Waals surface area contributed by atoms with Crippen LogP contribution in [0.25, 0.3) is 0 Å². The van der Waals surface area contributed by atoms with E-state index in [2.05, 4.69) is 48.0 Å². The summed E-state index contributed by atoms with van der Waals surface area (Å²) in [6.45, 7) is 2.09. The van der Waals surface area contributed by atoms with Crippen LogP contribution < -0.4 is 4.35 Å². The molecular weight excluding hydrogens is 159 g/mol. The van der Waals surface area contributed by atoms with E-state index in [0.29, 0.717) is 0 Å². The number of rotatable bonds is 0. The van der Waals surface area contributed by atoms with Gasteiger partial charge in [-0.05, 0) is 0 Å². The summed E-state index contributed by atoms with van der Waals surface area (Å²) in [6.07, 6.45) is 0. The number of benzene rings is 1. The van der Waals surface area contributed by atoms with Crippen LogP contribution in [-0.2, 0) is 0 Å². The van der Waals surface area contributed by atoms with E-state index in [9.17, 15) is 0 Å². The Morgan fingerprint density at radius 1 is 1.12 bits per heavy atom. The van der Waals surface area contributed by atoms with E-state index in [-0.39, 0.29) is 0 Å². The molecule has 0 N–H and O–H groups in total. The minimum atomic E-state index is 1.27. The number of aryl methyl sites for hydroxylation is 1. The van der Waals surface area contributed by atoms with Crippen molar-refractivity contribution in [2.24, 2.45) is 0 Å². The predicted molar refractivity (Wildman–Crippen MR) is 36.6 cm³/mol. The standard InChI is InChI=1S/C7H7As/c1-6-2-4-7(8)5-3-6/h2-5H,1H3. The van der Waals surface area contributed by atoms with Crippen LogP contribution in [0.1, 0.15) is 5.56 Å². The van der Waals surface area contributed by atoms with Gasteiger partial charge in [-0.2, -0.15) is 0 Å². The molecular formula is C7H7As. The summed E-state index contributed by atoms with van der Waals surface area (Å²) in [5, 5.41) is 0. The Balaban J connectivity index is 3.03. The normalized spacial score (nSPS) is 9.25. The fraction of sp³-hybridized carbons (Fsp3) is 0.143. The molecule has 1 aromatic rings. The molecule has 0 spiro atoms. The second-order valence-corrected chi connectivity index (χ2v) is 2.92. The second-order valence-electron chi connectivity index (χ2n) is 1.84. The van der Waals surface area contributed by atoms with Gasteiger partial charge >= 0.3 is 58.0 Å². The molecule has 0 aromatic heterocycles. The molecule has 8 heavy (non-hydrogen) atoms.